The lowest BCUT2D eigenvalue weighted by atomic mass is 10.0. The number of benzene rings is 4. The minimum absolute atomic E-state index is 0.0390. The highest BCUT2D eigenvalue weighted by molar-refractivity contribution is 7.99. The number of Topliss-reactive ketones (excluding diaryl/α,β-unsaturated/α-hetero) is 1. The summed E-state index contributed by atoms with van der Waals surface area (Å²) in [6, 6.07) is 31.9. The minimum Gasteiger partial charge on any atom is -0.293 e. The summed E-state index contributed by atoms with van der Waals surface area (Å²) in [6.07, 6.45) is 0. The zero-order chi connectivity index (χ0) is 21.0. The van der Waals surface area contributed by atoms with Gasteiger partial charge in [0.25, 0.3) is 0 Å². The van der Waals surface area contributed by atoms with Crippen molar-refractivity contribution in [1.29, 1.82) is 0 Å². The Bertz CT molecular complexity index is 1340. The molecule has 0 aliphatic rings. The Balaban J connectivity index is 1.33. The fourth-order valence-corrected chi connectivity index (χ4v) is 4.28. The van der Waals surface area contributed by atoms with Gasteiger partial charge in [-0.1, -0.05) is 103 Å². The molecule has 5 nitrogen and oxygen atoms in total. The van der Waals surface area contributed by atoms with Gasteiger partial charge in [0.1, 0.15) is 0 Å². The van der Waals surface area contributed by atoms with Crippen LogP contribution < -0.4 is 0 Å². The van der Waals surface area contributed by atoms with Crippen LogP contribution in [-0.4, -0.2) is 31.7 Å². The highest BCUT2D eigenvalue weighted by atomic mass is 32.2. The first-order valence-electron chi connectivity index (χ1n) is 9.87. The van der Waals surface area contributed by atoms with Gasteiger partial charge in [-0.05, 0) is 33.0 Å². The van der Waals surface area contributed by atoms with Crippen LogP contribution in [0.15, 0.2) is 102 Å². The van der Waals surface area contributed by atoms with E-state index in [1.54, 1.807) is 4.68 Å². The van der Waals surface area contributed by atoms with Gasteiger partial charge in [0.15, 0.2) is 5.78 Å². The molecule has 0 saturated heterocycles. The van der Waals surface area contributed by atoms with Crippen LogP contribution in [0.5, 0.6) is 0 Å². The van der Waals surface area contributed by atoms with E-state index >= 15 is 0 Å². The number of rotatable bonds is 6. The SMILES string of the molecule is O=C(CSc1nnnn1-c1cccc2ccccc12)c1ccc(-c2ccccc2)cc1. The van der Waals surface area contributed by atoms with Gasteiger partial charge in [0, 0.05) is 10.9 Å². The van der Waals surface area contributed by atoms with Crippen LogP contribution in [0.25, 0.3) is 27.6 Å². The lowest BCUT2D eigenvalue weighted by Crippen LogP contribution is -2.05. The second-order valence-corrected chi connectivity index (χ2v) is 7.97. The highest BCUT2D eigenvalue weighted by Crippen LogP contribution is 2.26. The molecule has 5 rings (SSSR count). The summed E-state index contributed by atoms with van der Waals surface area (Å²) in [4.78, 5) is 12.7. The molecule has 5 aromatic rings. The first-order chi connectivity index (χ1) is 15.3. The van der Waals surface area contributed by atoms with E-state index in [4.69, 9.17) is 0 Å². The van der Waals surface area contributed by atoms with Crippen molar-refractivity contribution < 1.29 is 4.79 Å². The average Bonchev–Trinajstić information content (AvgIpc) is 3.31. The van der Waals surface area contributed by atoms with E-state index in [1.165, 1.54) is 11.8 Å². The van der Waals surface area contributed by atoms with E-state index in [-0.39, 0.29) is 11.5 Å². The van der Waals surface area contributed by atoms with Crippen LogP contribution in [-0.2, 0) is 0 Å². The number of thioether (sulfide) groups is 1. The molecule has 0 N–H and O–H groups in total. The fraction of sp³-hybridized carbons (Fsp3) is 0.0400. The summed E-state index contributed by atoms with van der Waals surface area (Å²) in [5.41, 5.74) is 3.79. The standard InChI is InChI=1S/C25H18N4OS/c30-24(21-15-13-19(14-16-21)18-7-2-1-3-8-18)17-31-25-26-27-28-29(25)23-12-6-10-20-9-4-5-11-22(20)23/h1-16H,17H2. The van der Waals surface area contributed by atoms with Crippen molar-refractivity contribution in [3.05, 3.63) is 103 Å². The largest absolute Gasteiger partial charge is 0.293 e. The smallest absolute Gasteiger partial charge is 0.214 e. The second kappa shape index (κ2) is 8.53. The zero-order valence-electron chi connectivity index (χ0n) is 16.6. The molecule has 4 aromatic carbocycles. The van der Waals surface area contributed by atoms with Gasteiger partial charge in [0.2, 0.25) is 5.16 Å². The van der Waals surface area contributed by atoms with Crippen molar-refractivity contribution in [2.75, 3.05) is 5.75 Å². The molecule has 0 radical (unpaired) electrons. The molecule has 1 aromatic heterocycles. The molecule has 0 bridgehead atoms. The van der Waals surface area contributed by atoms with E-state index in [0.29, 0.717) is 10.7 Å². The topological polar surface area (TPSA) is 60.7 Å². The molecule has 0 saturated carbocycles. The van der Waals surface area contributed by atoms with E-state index in [2.05, 4.69) is 39.8 Å². The number of aromatic nitrogens is 4. The summed E-state index contributed by atoms with van der Waals surface area (Å²) >= 11 is 1.34. The van der Waals surface area contributed by atoms with Gasteiger partial charge in [0.05, 0.1) is 11.4 Å². The van der Waals surface area contributed by atoms with E-state index in [9.17, 15) is 4.79 Å². The predicted octanol–water partition coefficient (Wildman–Crippen LogP) is 5.46. The molecule has 31 heavy (non-hydrogen) atoms. The third kappa shape index (κ3) is 3.98. The molecule has 0 aliphatic carbocycles. The number of tetrazole rings is 1. The molecule has 0 fully saturated rings. The van der Waals surface area contributed by atoms with Crippen molar-refractivity contribution in [3.8, 4) is 16.8 Å². The Kier molecular flexibility index (Phi) is 5.29. The number of fused-ring (bicyclic) bond motifs is 1. The molecule has 0 unspecified atom stereocenters. The van der Waals surface area contributed by atoms with Crippen LogP contribution in [0.1, 0.15) is 10.4 Å². The van der Waals surface area contributed by atoms with Crippen molar-refractivity contribution in [1.82, 2.24) is 20.2 Å². The van der Waals surface area contributed by atoms with Crippen LogP contribution in [0, 0.1) is 0 Å². The third-order valence-corrected chi connectivity index (χ3v) is 6.00. The summed E-state index contributed by atoms with van der Waals surface area (Å²) in [5, 5.41) is 14.9. The van der Waals surface area contributed by atoms with E-state index in [0.717, 1.165) is 27.6 Å². The second-order valence-electron chi connectivity index (χ2n) is 7.03. The molecular formula is C25H18N4OS. The Hall–Kier alpha value is -3.77. The van der Waals surface area contributed by atoms with E-state index < -0.39 is 0 Å². The zero-order valence-corrected chi connectivity index (χ0v) is 17.4. The van der Waals surface area contributed by atoms with Gasteiger partial charge >= 0.3 is 0 Å². The number of ketones is 1. The molecule has 150 valence electrons. The normalized spacial score (nSPS) is 11.0. The maximum atomic E-state index is 12.7. The van der Waals surface area contributed by atoms with Crippen LogP contribution in [0.4, 0.5) is 0 Å². The summed E-state index contributed by atoms with van der Waals surface area (Å²) in [6.45, 7) is 0. The van der Waals surface area contributed by atoms with Crippen molar-refractivity contribution in [2.24, 2.45) is 0 Å². The number of hydrogen-bond donors (Lipinski definition) is 0. The van der Waals surface area contributed by atoms with Crippen molar-refractivity contribution in [2.45, 2.75) is 5.16 Å². The third-order valence-electron chi connectivity index (χ3n) is 5.08. The Morgan fingerprint density at radius 2 is 1.48 bits per heavy atom. The minimum atomic E-state index is 0.0390. The lowest BCUT2D eigenvalue weighted by molar-refractivity contribution is 0.102. The number of hydrogen-bond acceptors (Lipinski definition) is 5. The molecule has 1 heterocycles. The van der Waals surface area contributed by atoms with Crippen LogP contribution >= 0.6 is 11.8 Å². The first kappa shape index (κ1) is 19.2. The average molecular weight is 423 g/mol. The van der Waals surface area contributed by atoms with Crippen molar-refractivity contribution in [3.63, 3.8) is 0 Å². The first-order valence-corrected chi connectivity index (χ1v) is 10.9. The van der Waals surface area contributed by atoms with Gasteiger partial charge in [-0.3, -0.25) is 4.79 Å². The maximum absolute atomic E-state index is 12.7. The number of carbonyl (C=O) groups is 1. The molecule has 0 amide bonds. The quantitative estimate of drug-likeness (QED) is 0.269. The fourth-order valence-electron chi connectivity index (χ4n) is 3.51. The molecule has 0 spiro atoms. The van der Waals surface area contributed by atoms with Gasteiger partial charge in [-0.2, -0.15) is 4.68 Å². The molecular weight excluding hydrogens is 404 g/mol. The monoisotopic (exact) mass is 422 g/mol. The lowest BCUT2D eigenvalue weighted by Gasteiger charge is -2.08. The van der Waals surface area contributed by atoms with Crippen LogP contribution in [0.2, 0.25) is 0 Å². The Morgan fingerprint density at radius 1 is 0.774 bits per heavy atom. The van der Waals surface area contributed by atoms with E-state index in [1.807, 2.05) is 72.8 Å². The number of nitrogens with zero attached hydrogens (tertiary/aromatic N) is 4. The van der Waals surface area contributed by atoms with Crippen molar-refractivity contribution >= 4 is 28.3 Å². The van der Waals surface area contributed by atoms with Gasteiger partial charge in [-0.15, -0.1) is 5.10 Å². The number of carbonyl (C=O) groups excluding carboxylic acids is 1. The maximum Gasteiger partial charge on any atom is 0.214 e. The summed E-state index contributed by atoms with van der Waals surface area (Å²) < 4.78 is 1.69. The van der Waals surface area contributed by atoms with Crippen LogP contribution in [0.3, 0.4) is 0 Å². The van der Waals surface area contributed by atoms with Gasteiger partial charge in [-0.25, -0.2) is 0 Å². The predicted molar refractivity (Wildman–Crippen MR) is 124 cm³/mol. The molecule has 0 aliphatic heterocycles. The Labute approximate surface area is 183 Å². The van der Waals surface area contributed by atoms with Gasteiger partial charge < -0.3 is 0 Å². The summed E-state index contributed by atoms with van der Waals surface area (Å²) in [7, 11) is 0. The summed E-state index contributed by atoms with van der Waals surface area (Å²) in [5.74, 6) is 0.299. The molecule has 0 atom stereocenters. The highest BCUT2D eigenvalue weighted by Gasteiger charge is 2.14. The Morgan fingerprint density at radius 3 is 2.32 bits per heavy atom. The molecule has 6 heteroatoms.